The van der Waals surface area contributed by atoms with Crippen LogP contribution >= 0.6 is 11.6 Å². The maximum Gasteiger partial charge on any atom is 0.269 e. The minimum absolute atomic E-state index is 0.0194. The molecular weight excluding hydrogens is 462 g/mol. The molecule has 3 aliphatic rings. The number of methoxy groups -OCH3 is 1. The third-order valence-electron chi connectivity index (χ3n) is 6.56. The fourth-order valence-electron chi connectivity index (χ4n) is 4.98. The average Bonchev–Trinajstić information content (AvgIpc) is 3.51. The molecule has 5 rings (SSSR count). The summed E-state index contributed by atoms with van der Waals surface area (Å²) in [4.78, 5) is 36.2. The van der Waals surface area contributed by atoms with Gasteiger partial charge in [-0.3, -0.25) is 19.7 Å². The molecule has 1 heterocycles. The lowest BCUT2D eigenvalue weighted by atomic mass is 9.85. The zero-order valence-electron chi connectivity index (χ0n) is 18.1. The van der Waals surface area contributed by atoms with Crippen molar-refractivity contribution in [3.8, 4) is 11.5 Å². The molecule has 0 radical (unpaired) electrons. The van der Waals surface area contributed by atoms with Crippen LogP contribution in [0.25, 0.3) is 0 Å². The number of non-ortho nitro benzene ring substituents is 1. The van der Waals surface area contributed by atoms with Gasteiger partial charge in [0, 0.05) is 28.8 Å². The largest absolute Gasteiger partial charge is 0.493 e. The average molecular weight is 482 g/mol. The summed E-state index contributed by atoms with van der Waals surface area (Å²) in [6, 6.07) is 9.14. The van der Waals surface area contributed by atoms with E-state index in [0.717, 1.165) is 11.4 Å². The molecule has 4 unspecified atom stereocenters. The van der Waals surface area contributed by atoms with E-state index in [0.29, 0.717) is 27.6 Å². The van der Waals surface area contributed by atoms with E-state index in [-0.39, 0.29) is 47.8 Å². The summed E-state index contributed by atoms with van der Waals surface area (Å²) in [6.45, 7) is 0.0948. The summed E-state index contributed by atoms with van der Waals surface area (Å²) in [6.07, 6.45) is 6.26. The van der Waals surface area contributed by atoms with Crippen LogP contribution in [0.3, 0.4) is 0 Å². The number of halogens is 1. The van der Waals surface area contributed by atoms with Gasteiger partial charge in [0.25, 0.3) is 17.5 Å². The predicted octanol–water partition coefficient (Wildman–Crippen LogP) is 3.98. The number of benzene rings is 2. The number of nitro benzene ring substituents is 1. The fraction of sp³-hybridized carbons (Fsp3) is 0.292. The smallest absolute Gasteiger partial charge is 0.269 e. The summed E-state index contributed by atoms with van der Waals surface area (Å²) in [5.41, 5.74) is 1.10. The zero-order chi connectivity index (χ0) is 24.0. The first-order valence-corrected chi connectivity index (χ1v) is 11.1. The number of carbonyl (C=O) groups excluding carboxylic acids is 2. The lowest BCUT2D eigenvalue weighted by Crippen LogP contribution is -2.28. The van der Waals surface area contributed by atoms with Gasteiger partial charge in [0.05, 0.1) is 30.1 Å². The molecule has 1 saturated carbocycles. The molecule has 2 aromatic rings. The van der Waals surface area contributed by atoms with E-state index in [9.17, 15) is 19.7 Å². The number of amides is 2. The van der Waals surface area contributed by atoms with Crippen LogP contribution in [0.2, 0.25) is 5.02 Å². The van der Waals surface area contributed by atoms with Gasteiger partial charge in [0.15, 0.2) is 11.5 Å². The van der Waals surface area contributed by atoms with Gasteiger partial charge in [-0.25, -0.2) is 0 Å². The van der Waals surface area contributed by atoms with Crippen molar-refractivity contribution >= 4 is 35.3 Å². The number of ether oxygens (including phenoxy) is 2. The third kappa shape index (κ3) is 3.71. The molecular formula is C24H20ClN3O6. The van der Waals surface area contributed by atoms with Gasteiger partial charge in [-0.2, -0.15) is 10.1 Å². The van der Waals surface area contributed by atoms with Crippen molar-refractivity contribution in [2.24, 2.45) is 28.8 Å². The van der Waals surface area contributed by atoms with Crippen molar-refractivity contribution in [2.45, 2.75) is 13.0 Å². The molecule has 174 valence electrons. The number of nitro groups is 1. The summed E-state index contributed by atoms with van der Waals surface area (Å²) < 4.78 is 11.3. The highest BCUT2D eigenvalue weighted by atomic mass is 35.5. The lowest BCUT2D eigenvalue weighted by molar-refractivity contribution is -0.384. The molecule has 2 aromatic carbocycles. The number of hydrogen-bond acceptors (Lipinski definition) is 7. The molecule has 34 heavy (non-hydrogen) atoms. The monoisotopic (exact) mass is 481 g/mol. The van der Waals surface area contributed by atoms with E-state index in [4.69, 9.17) is 21.1 Å². The van der Waals surface area contributed by atoms with E-state index < -0.39 is 4.92 Å². The molecule has 2 aliphatic carbocycles. The first kappa shape index (κ1) is 22.1. The van der Waals surface area contributed by atoms with Crippen molar-refractivity contribution in [1.29, 1.82) is 0 Å². The Morgan fingerprint density at radius 2 is 1.79 bits per heavy atom. The van der Waals surface area contributed by atoms with Gasteiger partial charge in [-0.1, -0.05) is 23.8 Å². The summed E-state index contributed by atoms with van der Waals surface area (Å²) in [5.74, 6) is -0.408. The molecule has 0 spiro atoms. The maximum absolute atomic E-state index is 12.9. The van der Waals surface area contributed by atoms with E-state index in [1.165, 1.54) is 25.5 Å². The van der Waals surface area contributed by atoms with Crippen LogP contribution in [0.15, 0.2) is 53.7 Å². The van der Waals surface area contributed by atoms with Gasteiger partial charge >= 0.3 is 0 Å². The first-order valence-electron chi connectivity index (χ1n) is 10.7. The van der Waals surface area contributed by atoms with Crippen LogP contribution in [0.1, 0.15) is 17.5 Å². The van der Waals surface area contributed by atoms with E-state index >= 15 is 0 Å². The lowest BCUT2D eigenvalue weighted by Gasteiger charge is -2.15. The molecule has 2 bridgehead atoms. The molecule has 10 heteroatoms. The second-order valence-electron chi connectivity index (χ2n) is 8.47. The molecule has 1 saturated heterocycles. The SMILES string of the molecule is COc1cc(Cl)cc(C=NN2C(=O)C3C4C=CC(C4)C3C2=O)c1OCc1ccc([N+](=O)[O-])cc1. The zero-order valence-corrected chi connectivity index (χ0v) is 18.8. The highest BCUT2D eigenvalue weighted by Crippen LogP contribution is 2.52. The van der Waals surface area contributed by atoms with Crippen LogP contribution in [-0.2, 0) is 16.2 Å². The number of fused-ring (bicyclic) bond motifs is 5. The van der Waals surface area contributed by atoms with Crippen molar-refractivity contribution in [2.75, 3.05) is 7.11 Å². The molecule has 0 aromatic heterocycles. The second-order valence-corrected chi connectivity index (χ2v) is 8.91. The highest BCUT2D eigenvalue weighted by Gasteiger charge is 2.59. The van der Waals surface area contributed by atoms with Crippen LogP contribution < -0.4 is 9.47 Å². The van der Waals surface area contributed by atoms with Crippen LogP contribution in [0.4, 0.5) is 5.69 Å². The Labute approximate surface area is 199 Å². The number of allylic oxidation sites excluding steroid dienone is 2. The summed E-state index contributed by atoms with van der Waals surface area (Å²) >= 11 is 6.23. The molecule has 1 aliphatic heterocycles. The second kappa shape index (κ2) is 8.57. The number of carbonyl (C=O) groups is 2. The Morgan fingerprint density at radius 1 is 1.15 bits per heavy atom. The standard InChI is InChI=1S/C24H20ClN3O6/c1-33-19-10-17(25)9-16(22(19)34-12-13-2-6-18(7-3-13)28(31)32)11-26-27-23(29)20-14-4-5-15(8-14)21(20)24(27)30/h2-7,9-11,14-15,20-21H,8,12H2,1H3. The van der Waals surface area contributed by atoms with Crippen LogP contribution in [0.5, 0.6) is 11.5 Å². The van der Waals surface area contributed by atoms with E-state index in [1.807, 2.05) is 12.2 Å². The fourth-order valence-corrected chi connectivity index (χ4v) is 5.20. The van der Waals surface area contributed by atoms with E-state index in [2.05, 4.69) is 5.10 Å². The Balaban J connectivity index is 1.39. The Morgan fingerprint density at radius 3 is 2.38 bits per heavy atom. The highest BCUT2D eigenvalue weighted by molar-refractivity contribution is 6.31. The number of hydrogen-bond donors (Lipinski definition) is 0. The molecule has 2 amide bonds. The Bertz CT molecular complexity index is 1210. The van der Waals surface area contributed by atoms with Gasteiger partial charge in [-0.05, 0) is 42.0 Å². The number of rotatable bonds is 7. The van der Waals surface area contributed by atoms with Crippen molar-refractivity contribution in [3.63, 3.8) is 0 Å². The molecule has 4 atom stereocenters. The Kier molecular flexibility index (Phi) is 5.57. The van der Waals surface area contributed by atoms with Gasteiger partial charge in [-0.15, -0.1) is 0 Å². The van der Waals surface area contributed by atoms with Gasteiger partial charge in [0.2, 0.25) is 0 Å². The normalized spacial score (nSPS) is 24.8. The topological polar surface area (TPSA) is 111 Å². The first-order chi connectivity index (χ1) is 16.4. The van der Waals surface area contributed by atoms with Crippen LogP contribution in [-0.4, -0.2) is 35.1 Å². The van der Waals surface area contributed by atoms with Crippen LogP contribution in [0, 0.1) is 33.8 Å². The van der Waals surface area contributed by atoms with Crippen molar-refractivity contribution in [1.82, 2.24) is 5.01 Å². The quantitative estimate of drug-likeness (QED) is 0.194. The number of nitrogens with zero attached hydrogens (tertiary/aromatic N) is 3. The number of imide groups is 1. The molecule has 0 N–H and O–H groups in total. The maximum atomic E-state index is 12.9. The van der Waals surface area contributed by atoms with Gasteiger partial charge < -0.3 is 9.47 Å². The summed E-state index contributed by atoms with van der Waals surface area (Å²) in [5, 5.41) is 16.4. The third-order valence-corrected chi connectivity index (χ3v) is 6.78. The minimum atomic E-state index is -0.474. The summed E-state index contributed by atoms with van der Waals surface area (Å²) in [7, 11) is 1.46. The molecule has 9 nitrogen and oxygen atoms in total. The minimum Gasteiger partial charge on any atom is -0.493 e. The Hall–Kier alpha value is -3.72. The molecule has 2 fully saturated rings. The van der Waals surface area contributed by atoms with Gasteiger partial charge in [0.1, 0.15) is 6.61 Å². The predicted molar refractivity (Wildman–Crippen MR) is 123 cm³/mol. The van der Waals surface area contributed by atoms with Crippen molar-refractivity contribution < 1.29 is 24.0 Å². The van der Waals surface area contributed by atoms with E-state index in [1.54, 1.807) is 24.3 Å². The van der Waals surface area contributed by atoms with Crippen molar-refractivity contribution in [3.05, 3.63) is 74.8 Å². The number of hydrazone groups is 1.